The minimum atomic E-state index is -0.325. The Morgan fingerprint density at radius 3 is 2.60 bits per heavy atom. The molecule has 0 aliphatic carbocycles. The molecule has 0 unspecified atom stereocenters. The zero-order valence-electron chi connectivity index (χ0n) is 13.5. The zero-order chi connectivity index (χ0) is 17.8. The molecule has 0 saturated carbocycles. The second-order valence-corrected chi connectivity index (χ2v) is 8.38. The van der Waals surface area contributed by atoms with Crippen molar-refractivity contribution in [2.45, 2.75) is 26.3 Å². The van der Waals surface area contributed by atoms with E-state index >= 15 is 0 Å². The summed E-state index contributed by atoms with van der Waals surface area (Å²) in [4.78, 5) is 20.0. The lowest BCUT2D eigenvalue weighted by molar-refractivity contribution is -0.118. The van der Waals surface area contributed by atoms with Gasteiger partial charge >= 0.3 is 0 Å². The molecule has 0 spiro atoms. The van der Waals surface area contributed by atoms with Crippen LogP contribution in [0, 0.1) is 12.7 Å². The van der Waals surface area contributed by atoms with Crippen molar-refractivity contribution in [3.8, 4) is 0 Å². The summed E-state index contributed by atoms with van der Waals surface area (Å²) in [5.74, 6) is -0.351. The van der Waals surface area contributed by atoms with Gasteiger partial charge in [0.1, 0.15) is 5.82 Å². The fourth-order valence-corrected chi connectivity index (χ4v) is 4.13. The second-order valence-electron chi connectivity index (χ2n) is 5.52. The lowest BCUT2D eigenvalue weighted by atomic mass is 10.2. The molecule has 7 heteroatoms. The number of nitrogens with zero attached hydrogens (tertiary/aromatic N) is 2. The number of carbonyl (C=O) groups excluding carboxylic acids is 1. The fraction of sp³-hybridized carbons (Fsp3) is 0.222. The number of benzene rings is 1. The number of amides is 1. The number of halogens is 2. The molecular weight excluding hydrogens is 379 g/mol. The summed E-state index contributed by atoms with van der Waals surface area (Å²) in [6.45, 7) is 2.30. The molecule has 0 saturated heterocycles. The average molecular weight is 395 g/mol. The SMILES string of the molecule is Cc1nc(CN(C(=O)CCc2ccc(Cl)s2)c2ccc(F)cc2)cs1. The third-order valence-electron chi connectivity index (χ3n) is 3.64. The maximum Gasteiger partial charge on any atom is 0.227 e. The Kier molecular flexibility index (Phi) is 5.83. The predicted molar refractivity (Wildman–Crippen MR) is 102 cm³/mol. The van der Waals surface area contributed by atoms with Gasteiger partial charge in [-0.05, 0) is 49.7 Å². The maximum atomic E-state index is 13.2. The number of aryl methyl sites for hydroxylation is 2. The van der Waals surface area contributed by atoms with Crippen LogP contribution < -0.4 is 4.90 Å². The maximum absolute atomic E-state index is 13.2. The number of thiazole rings is 1. The zero-order valence-corrected chi connectivity index (χ0v) is 15.9. The molecule has 130 valence electrons. The third kappa shape index (κ3) is 4.87. The van der Waals surface area contributed by atoms with Crippen LogP contribution >= 0.6 is 34.3 Å². The Balaban J connectivity index is 1.76. The van der Waals surface area contributed by atoms with Gasteiger partial charge in [0.2, 0.25) is 5.91 Å². The lowest BCUT2D eigenvalue weighted by Crippen LogP contribution is -2.30. The first-order chi connectivity index (χ1) is 12.0. The first-order valence-corrected chi connectivity index (χ1v) is 9.80. The van der Waals surface area contributed by atoms with Gasteiger partial charge < -0.3 is 4.90 Å². The van der Waals surface area contributed by atoms with E-state index in [-0.39, 0.29) is 11.7 Å². The molecule has 0 aliphatic rings. The second kappa shape index (κ2) is 8.08. The van der Waals surface area contributed by atoms with Crippen molar-refractivity contribution in [3.63, 3.8) is 0 Å². The quantitative estimate of drug-likeness (QED) is 0.555. The van der Waals surface area contributed by atoms with Crippen molar-refractivity contribution in [2.75, 3.05) is 4.90 Å². The van der Waals surface area contributed by atoms with Crippen molar-refractivity contribution in [1.82, 2.24) is 4.98 Å². The molecule has 3 aromatic rings. The summed E-state index contributed by atoms with van der Waals surface area (Å²) >= 11 is 8.97. The minimum Gasteiger partial charge on any atom is -0.306 e. The fourth-order valence-electron chi connectivity index (χ4n) is 2.44. The monoisotopic (exact) mass is 394 g/mol. The minimum absolute atomic E-state index is 0.0261. The average Bonchev–Trinajstić information content (AvgIpc) is 3.19. The van der Waals surface area contributed by atoms with E-state index in [0.29, 0.717) is 25.1 Å². The highest BCUT2D eigenvalue weighted by Gasteiger charge is 2.18. The standard InChI is InChI=1S/C18H16ClFN2OS2/c1-12-21-14(11-24-12)10-22(15-4-2-13(20)3-5-15)18(23)9-7-16-6-8-17(19)25-16/h2-6,8,11H,7,9-10H2,1H3. The topological polar surface area (TPSA) is 33.2 Å². The number of carbonyl (C=O) groups is 1. The number of anilines is 1. The van der Waals surface area contributed by atoms with E-state index in [0.717, 1.165) is 19.9 Å². The van der Waals surface area contributed by atoms with Gasteiger partial charge in [0, 0.05) is 22.4 Å². The number of aromatic nitrogens is 1. The van der Waals surface area contributed by atoms with Crippen molar-refractivity contribution >= 4 is 45.9 Å². The largest absolute Gasteiger partial charge is 0.306 e. The molecular formula is C18H16ClFN2OS2. The van der Waals surface area contributed by atoms with Crippen LogP contribution in [0.1, 0.15) is 22.0 Å². The van der Waals surface area contributed by atoms with Gasteiger partial charge in [0.15, 0.2) is 0 Å². The highest BCUT2D eigenvalue weighted by molar-refractivity contribution is 7.16. The van der Waals surface area contributed by atoms with E-state index in [1.54, 1.807) is 28.4 Å². The molecule has 0 fully saturated rings. The number of hydrogen-bond donors (Lipinski definition) is 0. The highest BCUT2D eigenvalue weighted by Crippen LogP contribution is 2.24. The van der Waals surface area contributed by atoms with Gasteiger partial charge in [-0.15, -0.1) is 22.7 Å². The summed E-state index contributed by atoms with van der Waals surface area (Å²) in [7, 11) is 0. The molecule has 1 aromatic carbocycles. The van der Waals surface area contributed by atoms with Crippen LogP contribution in [0.3, 0.4) is 0 Å². The molecule has 0 bridgehead atoms. The molecule has 0 atom stereocenters. The van der Waals surface area contributed by atoms with Crippen molar-refractivity contribution < 1.29 is 9.18 Å². The first-order valence-electron chi connectivity index (χ1n) is 7.72. The van der Waals surface area contributed by atoms with Crippen LogP contribution in [0.15, 0.2) is 41.8 Å². The van der Waals surface area contributed by atoms with E-state index in [9.17, 15) is 9.18 Å². The molecule has 3 rings (SSSR count). The molecule has 1 amide bonds. The van der Waals surface area contributed by atoms with Crippen molar-refractivity contribution in [2.24, 2.45) is 0 Å². The van der Waals surface area contributed by atoms with Gasteiger partial charge in [0.05, 0.1) is 21.6 Å². The van der Waals surface area contributed by atoms with E-state index in [4.69, 9.17) is 11.6 Å². The summed E-state index contributed by atoms with van der Waals surface area (Å²) in [6, 6.07) is 9.74. The molecule has 3 nitrogen and oxygen atoms in total. The van der Waals surface area contributed by atoms with Crippen LogP contribution in [0.4, 0.5) is 10.1 Å². The first kappa shape index (κ1) is 18.0. The molecule has 0 aliphatic heterocycles. The van der Waals surface area contributed by atoms with Crippen LogP contribution in [0.2, 0.25) is 4.34 Å². The van der Waals surface area contributed by atoms with E-state index in [2.05, 4.69) is 4.98 Å². The predicted octanol–water partition coefficient (Wildman–Crippen LogP) is 5.47. The number of thiophene rings is 1. The van der Waals surface area contributed by atoms with Gasteiger partial charge in [0.25, 0.3) is 0 Å². The Morgan fingerprint density at radius 1 is 1.24 bits per heavy atom. The van der Waals surface area contributed by atoms with E-state index < -0.39 is 0 Å². The van der Waals surface area contributed by atoms with Gasteiger partial charge in [-0.2, -0.15) is 0 Å². The Hall–Kier alpha value is -1.76. The molecule has 0 radical (unpaired) electrons. The summed E-state index contributed by atoms with van der Waals surface area (Å²) in [5, 5.41) is 2.90. The Labute approximate surface area is 158 Å². The van der Waals surface area contributed by atoms with E-state index in [1.807, 2.05) is 24.4 Å². The molecule has 25 heavy (non-hydrogen) atoms. The highest BCUT2D eigenvalue weighted by atomic mass is 35.5. The van der Waals surface area contributed by atoms with Crippen LogP contribution in [-0.2, 0) is 17.8 Å². The number of rotatable bonds is 6. The van der Waals surface area contributed by atoms with Crippen molar-refractivity contribution in [3.05, 3.63) is 67.5 Å². The molecule has 2 aromatic heterocycles. The number of hydrogen-bond acceptors (Lipinski definition) is 4. The summed E-state index contributed by atoms with van der Waals surface area (Å²) < 4.78 is 13.9. The molecule has 0 N–H and O–H groups in total. The van der Waals surface area contributed by atoms with E-state index in [1.165, 1.54) is 23.5 Å². The van der Waals surface area contributed by atoms with Gasteiger partial charge in [-0.25, -0.2) is 9.37 Å². The van der Waals surface area contributed by atoms with Crippen LogP contribution in [0.25, 0.3) is 0 Å². The third-order valence-corrected chi connectivity index (χ3v) is 5.75. The lowest BCUT2D eigenvalue weighted by Gasteiger charge is -2.22. The Bertz CT molecular complexity index is 860. The van der Waals surface area contributed by atoms with Crippen LogP contribution in [0.5, 0.6) is 0 Å². The van der Waals surface area contributed by atoms with Gasteiger partial charge in [-0.3, -0.25) is 4.79 Å². The van der Waals surface area contributed by atoms with Crippen LogP contribution in [-0.4, -0.2) is 10.9 Å². The summed E-state index contributed by atoms with van der Waals surface area (Å²) in [6.07, 6.45) is 0.987. The van der Waals surface area contributed by atoms with Crippen molar-refractivity contribution in [1.29, 1.82) is 0 Å². The summed E-state index contributed by atoms with van der Waals surface area (Å²) in [5.41, 5.74) is 1.50. The molecule has 2 heterocycles. The van der Waals surface area contributed by atoms with Gasteiger partial charge in [-0.1, -0.05) is 11.6 Å². The smallest absolute Gasteiger partial charge is 0.227 e. The Morgan fingerprint density at radius 2 is 2.00 bits per heavy atom. The normalized spacial score (nSPS) is 10.8.